The van der Waals surface area contributed by atoms with Gasteiger partial charge in [-0.1, -0.05) is 13.8 Å². The molecule has 5 heteroatoms. The first-order valence-corrected chi connectivity index (χ1v) is 6.22. The molecular weight excluding hydrogens is 216 g/mol. The predicted molar refractivity (Wildman–Crippen MR) is 71.2 cm³/mol. The Hall–Kier alpha value is -1.23. The molecule has 0 bridgehead atoms. The molecule has 0 radical (unpaired) electrons. The Morgan fingerprint density at radius 2 is 2.18 bits per heavy atom. The van der Waals surface area contributed by atoms with Crippen molar-refractivity contribution in [2.45, 2.75) is 46.2 Å². The van der Waals surface area contributed by atoms with Crippen LogP contribution in [0.2, 0.25) is 0 Å². The number of hydrogen-bond acceptors (Lipinski definition) is 4. The number of aryl methyl sites for hydroxylation is 2. The second-order valence-electron chi connectivity index (χ2n) is 4.28. The third-order valence-corrected chi connectivity index (χ3v) is 2.81. The number of nitrogens with two attached hydrogens (primary N) is 1. The normalized spacial score (nSPS) is 12.7. The van der Waals surface area contributed by atoms with E-state index in [2.05, 4.69) is 24.3 Å². The molecule has 0 fully saturated rings. The maximum absolute atomic E-state index is 6.05. The lowest BCUT2D eigenvalue weighted by molar-refractivity contribution is 0.184. The number of rotatable bonds is 7. The summed E-state index contributed by atoms with van der Waals surface area (Å²) < 4.78 is 7.13. The van der Waals surface area contributed by atoms with Crippen molar-refractivity contribution >= 4 is 11.5 Å². The van der Waals surface area contributed by atoms with Gasteiger partial charge in [-0.05, 0) is 19.8 Å². The van der Waals surface area contributed by atoms with Crippen LogP contribution in [0.25, 0.3) is 0 Å². The molecule has 1 atom stereocenters. The minimum atomic E-state index is 0.272. The van der Waals surface area contributed by atoms with Crippen LogP contribution in [0.15, 0.2) is 0 Å². The average molecular weight is 240 g/mol. The summed E-state index contributed by atoms with van der Waals surface area (Å²) in [5, 5.41) is 7.86. The molecule has 0 aliphatic heterocycles. The molecule has 0 aliphatic carbocycles. The zero-order chi connectivity index (χ0) is 12.8. The Morgan fingerprint density at radius 1 is 1.47 bits per heavy atom. The number of nitrogen functional groups attached to an aromatic ring is 1. The van der Waals surface area contributed by atoms with Gasteiger partial charge < -0.3 is 15.8 Å². The zero-order valence-corrected chi connectivity index (χ0v) is 11.3. The average Bonchev–Trinajstić information content (AvgIpc) is 2.56. The van der Waals surface area contributed by atoms with Crippen LogP contribution in [0.1, 0.15) is 32.4 Å². The second-order valence-corrected chi connectivity index (χ2v) is 4.28. The van der Waals surface area contributed by atoms with E-state index < -0.39 is 0 Å². The molecule has 0 aromatic carbocycles. The summed E-state index contributed by atoms with van der Waals surface area (Å²) in [6.07, 6.45) is 2.03. The molecule has 0 saturated heterocycles. The van der Waals surface area contributed by atoms with Crippen molar-refractivity contribution in [1.29, 1.82) is 0 Å². The maximum atomic E-state index is 6.05. The van der Waals surface area contributed by atoms with Crippen molar-refractivity contribution in [3.63, 3.8) is 0 Å². The number of ether oxygens (including phenoxy) is 1. The van der Waals surface area contributed by atoms with E-state index in [4.69, 9.17) is 10.5 Å². The lowest BCUT2D eigenvalue weighted by Gasteiger charge is -2.18. The van der Waals surface area contributed by atoms with Crippen molar-refractivity contribution in [2.24, 2.45) is 0 Å². The standard InChI is InChI=1S/C12H24N4O/c1-5-7-16-12(11(13)9(3)15-16)14-10(6-2)8-17-4/h10,14H,5-8,13H2,1-4H3. The predicted octanol–water partition coefficient (Wildman–Crippen LogP) is 2.02. The summed E-state index contributed by atoms with van der Waals surface area (Å²) in [5.74, 6) is 0.924. The minimum Gasteiger partial charge on any atom is -0.394 e. The van der Waals surface area contributed by atoms with E-state index in [9.17, 15) is 0 Å². The van der Waals surface area contributed by atoms with Crippen molar-refractivity contribution in [2.75, 3.05) is 24.8 Å². The van der Waals surface area contributed by atoms with Gasteiger partial charge in [0.1, 0.15) is 5.82 Å². The van der Waals surface area contributed by atoms with Crippen LogP contribution in [0.4, 0.5) is 11.5 Å². The van der Waals surface area contributed by atoms with Crippen molar-refractivity contribution in [3.05, 3.63) is 5.69 Å². The van der Waals surface area contributed by atoms with E-state index in [1.807, 2.05) is 11.6 Å². The molecule has 98 valence electrons. The molecule has 3 N–H and O–H groups in total. The molecule has 0 spiro atoms. The molecule has 0 saturated carbocycles. The van der Waals surface area contributed by atoms with Gasteiger partial charge in [-0.2, -0.15) is 5.10 Å². The monoisotopic (exact) mass is 240 g/mol. The highest BCUT2D eigenvalue weighted by atomic mass is 16.5. The molecule has 0 aliphatic rings. The molecule has 17 heavy (non-hydrogen) atoms. The van der Waals surface area contributed by atoms with Gasteiger partial charge in [-0.3, -0.25) is 0 Å². The van der Waals surface area contributed by atoms with Crippen LogP contribution in [0.5, 0.6) is 0 Å². The summed E-state index contributed by atoms with van der Waals surface area (Å²) in [6.45, 7) is 7.74. The summed E-state index contributed by atoms with van der Waals surface area (Å²) in [6, 6.07) is 0.272. The van der Waals surface area contributed by atoms with Crippen LogP contribution < -0.4 is 11.1 Å². The SMILES string of the molecule is CCCn1nc(C)c(N)c1NC(CC)COC. The minimum absolute atomic E-state index is 0.272. The number of methoxy groups -OCH3 is 1. The van der Waals surface area contributed by atoms with Crippen LogP contribution in [0.3, 0.4) is 0 Å². The lowest BCUT2D eigenvalue weighted by Crippen LogP contribution is -2.26. The van der Waals surface area contributed by atoms with Crippen LogP contribution >= 0.6 is 0 Å². The largest absolute Gasteiger partial charge is 0.394 e. The zero-order valence-electron chi connectivity index (χ0n) is 11.3. The number of hydrogen-bond donors (Lipinski definition) is 2. The molecule has 1 aromatic rings. The first-order chi connectivity index (χ1) is 8.13. The maximum Gasteiger partial charge on any atom is 0.148 e. The van der Waals surface area contributed by atoms with Gasteiger partial charge in [0.25, 0.3) is 0 Å². The Balaban J connectivity index is 2.86. The molecule has 1 unspecified atom stereocenters. The Morgan fingerprint density at radius 3 is 2.71 bits per heavy atom. The lowest BCUT2D eigenvalue weighted by atomic mass is 10.2. The van der Waals surface area contributed by atoms with E-state index in [0.717, 1.165) is 36.6 Å². The molecule has 1 rings (SSSR count). The highest BCUT2D eigenvalue weighted by molar-refractivity contribution is 5.65. The summed E-state index contributed by atoms with van der Waals surface area (Å²) >= 11 is 0. The summed E-state index contributed by atoms with van der Waals surface area (Å²) in [7, 11) is 1.71. The molecule has 1 heterocycles. The van der Waals surface area contributed by atoms with E-state index >= 15 is 0 Å². The number of aromatic nitrogens is 2. The number of nitrogens with one attached hydrogen (secondary N) is 1. The highest BCUT2D eigenvalue weighted by Crippen LogP contribution is 2.23. The molecular formula is C12H24N4O. The van der Waals surface area contributed by atoms with Crippen molar-refractivity contribution in [1.82, 2.24) is 9.78 Å². The summed E-state index contributed by atoms with van der Waals surface area (Å²) in [5.41, 5.74) is 7.67. The van der Waals surface area contributed by atoms with E-state index in [-0.39, 0.29) is 6.04 Å². The number of nitrogens with zero attached hydrogens (tertiary/aromatic N) is 2. The third kappa shape index (κ3) is 3.36. The van der Waals surface area contributed by atoms with Crippen molar-refractivity contribution < 1.29 is 4.74 Å². The topological polar surface area (TPSA) is 65.1 Å². The van der Waals surface area contributed by atoms with Crippen LogP contribution in [-0.2, 0) is 11.3 Å². The van der Waals surface area contributed by atoms with E-state index in [1.54, 1.807) is 7.11 Å². The van der Waals surface area contributed by atoms with Crippen LogP contribution in [0, 0.1) is 6.92 Å². The molecule has 5 nitrogen and oxygen atoms in total. The van der Waals surface area contributed by atoms with Gasteiger partial charge in [-0.25, -0.2) is 4.68 Å². The number of anilines is 2. The Bertz CT molecular complexity index is 349. The molecule has 1 aromatic heterocycles. The van der Waals surface area contributed by atoms with Crippen molar-refractivity contribution in [3.8, 4) is 0 Å². The van der Waals surface area contributed by atoms with Gasteiger partial charge in [0.15, 0.2) is 0 Å². The first-order valence-electron chi connectivity index (χ1n) is 6.22. The van der Waals surface area contributed by atoms with Crippen LogP contribution in [-0.4, -0.2) is 29.5 Å². The van der Waals surface area contributed by atoms with Gasteiger partial charge in [0.2, 0.25) is 0 Å². The fourth-order valence-electron chi connectivity index (χ4n) is 1.78. The van der Waals surface area contributed by atoms with Gasteiger partial charge in [-0.15, -0.1) is 0 Å². The van der Waals surface area contributed by atoms with Gasteiger partial charge in [0.05, 0.1) is 24.0 Å². The Kier molecular flexibility index (Phi) is 5.28. The first kappa shape index (κ1) is 13.8. The smallest absolute Gasteiger partial charge is 0.148 e. The fraction of sp³-hybridized carbons (Fsp3) is 0.750. The quantitative estimate of drug-likeness (QED) is 0.765. The highest BCUT2D eigenvalue weighted by Gasteiger charge is 2.15. The van der Waals surface area contributed by atoms with Gasteiger partial charge in [0, 0.05) is 13.7 Å². The van der Waals surface area contributed by atoms with E-state index in [1.165, 1.54) is 0 Å². The molecule has 0 amide bonds. The van der Waals surface area contributed by atoms with Gasteiger partial charge >= 0.3 is 0 Å². The fourth-order valence-corrected chi connectivity index (χ4v) is 1.78. The summed E-state index contributed by atoms with van der Waals surface area (Å²) in [4.78, 5) is 0. The third-order valence-electron chi connectivity index (χ3n) is 2.81. The Labute approximate surface area is 103 Å². The van der Waals surface area contributed by atoms with E-state index in [0.29, 0.717) is 6.61 Å². The second kappa shape index (κ2) is 6.49.